The molecular formula is C13H18N6S. The molecule has 1 fully saturated rings. The third kappa shape index (κ3) is 2.78. The van der Waals surface area contributed by atoms with Gasteiger partial charge in [0.25, 0.3) is 0 Å². The Morgan fingerprint density at radius 1 is 1.40 bits per heavy atom. The molecule has 7 heteroatoms. The maximum absolute atomic E-state index is 5.53. The number of nitrogens with one attached hydrogen (secondary N) is 1. The minimum absolute atomic E-state index is 0.368. The molecule has 3 heterocycles. The van der Waals surface area contributed by atoms with E-state index in [2.05, 4.69) is 15.5 Å². The summed E-state index contributed by atoms with van der Waals surface area (Å²) in [7, 11) is 1.89. The van der Waals surface area contributed by atoms with Crippen molar-refractivity contribution in [1.82, 2.24) is 19.7 Å². The second-order valence-electron chi connectivity index (χ2n) is 4.90. The lowest BCUT2D eigenvalue weighted by molar-refractivity contribution is 0.663. The van der Waals surface area contributed by atoms with Crippen LogP contribution in [0.15, 0.2) is 18.5 Å². The Morgan fingerprint density at radius 2 is 2.30 bits per heavy atom. The minimum atomic E-state index is 0.368. The molecule has 2 aromatic rings. The molecule has 0 aromatic carbocycles. The number of aryl methyl sites for hydroxylation is 1. The van der Waals surface area contributed by atoms with E-state index >= 15 is 0 Å². The average Bonchev–Trinajstić information content (AvgIpc) is 2.94. The van der Waals surface area contributed by atoms with Crippen LogP contribution in [-0.4, -0.2) is 25.5 Å². The second kappa shape index (κ2) is 5.80. The van der Waals surface area contributed by atoms with E-state index in [9.17, 15) is 0 Å². The van der Waals surface area contributed by atoms with E-state index in [0.29, 0.717) is 11.1 Å². The molecule has 1 aliphatic heterocycles. The molecule has 0 aliphatic carbocycles. The fourth-order valence-electron chi connectivity index (χ4n) is 2.33. The monoisotopic (exact) mass is 290 g/mol. The van der Waals surface area contributed by atoms with Crippen molar-refractivity contribution in [2.75, 3.05) is 11.2 Å². The number of nitrogens with two attached hydrogens (primary N) is 1. The molecule has 0 radical (unpaired) electrons. The topological polar surface area (TPSA) is 81.7 Å². The fraction of sp³-hybridized carbons (Fsp3) is 0.462. The number of rotatable bonds is 3. The number of aromatic nitrogens is 4. The van der Waals surface area contributed by atoms with Crippen molar-refractivity contribution >= 4 is 17.6 Å². The van der Waals surface area contributed by atoms with Crippen molar-refractivity contribution in [3.8, 4) is 11.3 Å². The molecule has 3 N–H and O–H groups in total. The molecule has 2 aromatic heterocycles. The van der Waals surface area contributed by atoms with Crippen LogP contribution in [0.5, 0.6) is 0 Å². The summed E-state index contributed by atoms with van der Waals surface area (Å²) in [6.45, 7) is 0. The molecule has 106 valence electrons. The molecular weight excluding hydrogens is 272 g/mol. The molecule has 6 nitrogen and oxygen atoms in total. The molecule has 0 amide bonds. The standard InChI is InChI=1S/C13H18N6S/c1-19-8-9(7-15-19)10-6-12(18-14)17-13(16-10)11-4-2-3-5-20-11/h6-8,11H,2-5,14H2,1H3,(H,16,17,18). The molecule has 1 unspecified atom stereocenters. The smallest absolute Gasteiger partial charge is 0.144 e. The van der Waals surface area contributed by atoms with Crippen LogP contribution in [0.4, 0.5) is 5.82 Å². The lowest BCUT2D eigenvalue weighted by Crippen LogP contribution is -2.13. The van der Waals surface area contributed by atoms with Gasteiger partial charge in [0.15, 0.2) is 0 Å². The number of hydrogen-bond donors (Lipinski definition) is 2. The van der Waals surface area contributed by atoms with Gasteiger partial charge in [0.05, 0.1) is 17.1 Å². The van der Waals surface area contributed by atoms with Crippen LogP contribution in [0.2, 0.25) is 0 Å². The highest BCUT2D eigenvalue weighted by molar-refractivity contribution is 7.99. The highest BCUT2D eigenvalue weighted by Gasteiger charge is 2.20. The maximum Gasteiger partial charge on any atom is 0.144 e. The van der Waals surface area contributed by atoms with Crippen LogP contribution >= 0.6 is 11.8 Å². The van der Waals surface area contributed by atoms with Gasteiger partial charge in [-0.25, -0.2) is 15.8 Å². The predicted octanol–water partition coefficient (Wildman–Crippen LogP) is 2.12. The van der Waals surface area contributed by atoms with Crippen LogP contribution in [0.1, 0.15) is 30.3 Å². The Bertz CT molecular complexity index is 590. The summed E-state index contributed by atoms with van der Waals surface area (Å²) < 4.78 is 1.77. The van der Waals surface area contributed by atoms with Gasteiger partial charge in [0, 0.05) is 24.9 Å². The predicted molar refractivity (Wildman–Crippen MR) is 81.1 cm³/mol. The van der Waals surface area contributed by atoms with Crippen LogP contribution < -0.4 is 11.3 Å². The van der Waals surface area contributed by atoms with E-state index in [1.54, 1.807) is 10.9 Å². The molecule has 1 aliphatic rings. The summed E-state index contributed by atoms with van der Waals surface area (Å²) in [5.41, 5.74) is 4.48. The van der Waals surface area contributed by atoms with Crippen molar-refractivity contribution in [2.24, 2.45) is 12.9 Å². The van der Waals surface area contributed by atoms with E-state index in [1.165, 1.54) is 18.6 Å². The molecule has 1 atom stereocenters. The van der Waals surface area contributed by atoms with Crippen LogP contribution in [0.25, 0.3) is 11.3 Å². The van der Waals surface area contributed by atoms with Crippen LogP contribution in [0, 0.1) is 0 Å². The average molecular weight is 290 g/mol. The van der Waals surface area contributed by atoms with Gasteiger partial charge in [-0.3, -0.25) is 4.68 Å². The zero-order chi connectivity index (χ0) is 13.9. The van der Waals surface area contributed by atoms with Gasteiger partial charge >= 0.3 is 0 Å². The molecule has 1 saturated heterocycles. The fourth-order valence-corrected chi connectivity index (χ4v) is 3.57. The van der Waals surface area contributed by atoms with Crippen molar-refractivity contribution in [3.05, 3.63) is 24.3 Å². The second-order valence-corrected chi connectivity index (χ2v) is 6.21. The maximum atomic E-state index is 5.53. The lowest BCUT2D eigenvalue weighted by atomic mass is 10.1. The summed E-state index contributed by atoms with van der Waals surface area (Å²) in [6, 6.07) is 1.86. The number of anilines is 1. The lowest BCUT2D eigenvalue weighted by Gasteiger charge is -2.20. The van der Waals surface area contributed by atoms with E-state index in [1.807, 2.05) is 31.1 Å². The number of nitrogen functional groups attached to an aromatic ring is 1. The Labute approximate surface area is 122 Å². The Hall–Kier alpha value is -1.60. The Morgan fingerprint density at radius 3 is 2.95 bits per heavy atom. The Kier molecular flexibility index (Phi) is 3.88. The first-order valence-electron chi connectivity index (χ1n) is 6.72. The first kappa shape index (κ1) is 13.4. The first-order valence-corrected chi connectivity index (χ1v) is 7.77. The third-order valence-electron chi connectivity index (χ3n) is 3.36. The van der Waals surface area contributed by atoms with Gasteiger partial charge in [-0.2, -0.15) is 16.9 Å². The summed E-state index contributed by atoms with van der Waals surface area (Å²) in [4.78, 5) is 9.22. The summed E-state index contributed by atoms with van der Waals surface area (Å²) >= 11 is 1.93. The third-order valence-corrected chi connectivity index (χ3v) is 4.73. The van der Waals surface area contributed by atoms with Gasteiger partial charge in [-0.05, 0) is 18.6 Å². The zero-order valence-corrected chi connectivity index (χ0v) is 12.2. The molecule has 0 saturated carbocycles. The molecule has 20 heavy (non-hydrogen) atoms. The normalized spacial score (nSPS) is 19.0. The number of hydrogen-bond acceptors (Lipinski definition) is 6. The Balaban J connectivity index is 1.97. The number of hydrazine groups is 1. The van der Waals surface area contributed by atoms with Crippen molar-refractivity contribution in [2.45, 2.75) is 24.5 Å². The highest BCUT2D eigenvalue weighted by Crippen LogP contribution is 2.37. The van der Waals surface area contributed by atoms with Crippen LogP contribution in [-0.2, 0) is 7.05 Å². The van der Waals surface area contributed by atoms with Crippen molar-refractivity contribution < 1.29 is 0 Å². The van der Waals surface area contributed by atoms with Gasteiger partial charge < -0.3 is 5.43 Å². The van der Waals surface area contributed by atoms with E-state index < -0.39 is 0 Å². The molecule has 0 spiro atoms. The van der Waals surface area contributed by atoms with Gasteiger partial charge in [-0.1, -0.05) is 6.42 Å². The van der Waals surface area contributed by atoms with Gasteiger partial charge in [-0.15, -0.1) is 0 Å². The van der Waals surface area contributed by atoms with Gasteiger partial charge in [0.2, 0.25) is 0 Å². The van der Waals surface area contributed by atoms with E-state index in [0.717, 1.165) is 23.5 Å². The zero-order valence-electron chi connectivity index (χ0n) is 11.4. The molecule has 0 bridgehead atoms. The largest absolute Gasteiger partial charge is 0.308 e. The van der Waals surface area contributed by atoms with Crippen molar-refractivity contribution in [3.63, 3.8) is 0 Å². The molecule has 3 rings (SSSR count). The first-order chi connectivity index (χ1) is 9.76. The highest BCUT2D eigenvalue weighted by atomic mass is 32.2. The summed E-state index contributed by atoms with van der Waals surface area (Å²) in [6.07, 6.45) is 7.40. The number of nitrogens with zero attached hydrogens (tertiary/aromatic N) is 4. The summed E-state index contributed by atoms with van der Waals surface area (Å²) in [5, 5.41) is 4.56. The quantitative estimate of drug-likeness (QED) is 0.665. The van der Waals surface area contributed by atoms with Crippen molar-refractivity contribution in [1.29, 1.82) is 0 Å². The number of thioether (sulfide) groups is 1. The minimum Gasteiger partial charge on any atom is -0.308 e. The van der Waals surface area contributed by atoms with Gasteiger partial charge in [0.1, 0.15) is 11.6 Å². The SMILES string of the molecule is Cn1cc(-c2cc(NN)nc(C3CCCCS3)n2)cn1. The van der Waals surface area contributed by atoms with E-state index in [-0.39, 0.29) is 0 Å². The van der Waals surface area contributed by atoms with E-state index in [4.69, 9.17) is 10.8 Å². The van der Waals surface area contributed by atoms with Crippen LogP contribution in [0.3, 0.4) is 0 Å². The summed E-state index contributed by atoms with van der Waals surface area (Å²) in [5.74, 6) is 8.23.